The van der Waals surface area contributed by atoms with E-state index >= 15 is 0 Å². The molecule has 0 saturated heterocycles. The van der Waals surface area contributed by atoms with Crippen molar-refractivity contribution in [3.8, 4) is 5.75 Å². The van der Waals surface area contributed by atoms with Gasteiger partial charge < -0.3 is 15.8 Å². The summed E-state index contributed by atoms with van der Waals surface area (Å²) in [5.74, 6) is 0.659. The summed E-state index contributed by atoms with van der Waals surface area (Å²) in [5, 5.41) is 2.82. The number of benzene rings is 1. The highest BCUT2D eigenvalue weighted by Gasteiger charge is 2.07. The van der Waals surface area contributed by atoms with Gasteiger partial charge in [-0.3, -0.25) is 4.79 Å². The minimum absolute atomic E-state index is 0. The first-order valence-electron chi connectivity index (χ1n) is 5.42. The quantitative estimate of drug-likeness (QED) is 0.868. The molecule has 1 atom stereocenters. The van der Waals surface area contributed by atoms with E-state index in [0.29, 0.717) is 24.3 Å². The summed E-state index contributed by atoms with van der Waals surface area (Å²) < 4.78 is 5.92. The van der Waals surface area contributed by atoms with Gasteiger partial charge in [0.05, 0.1) is 12.8 Å². The van der Waals surface area contributed by atoms with Crippen LogP contribution in [0.25, 0.3) is 0 Å². The summed E-state index contributed by atoms with van der Waals surface area (Å²) in [7, 11) is 1.59. The second-order valence-electron chi connectivity index (χ2n) is 3.91. The van der Waals surface area contributed by atoms with Crippen molar-refractivity contribution in [3.05, 3.63) is 22.7 Å². The lowest BCUT2D eigenvalue weighted by atomic mass is 10.2. The van der Waals surface area contributed by atoms with E-state index in [4.69, 9.17) is 10.5 Å². The Balaban J connectivity index is 0.00000289. The van der Waals surface area contributed by atoms with Crippen LogP contribution >= 0.6 is 28.3 Å². The van der Waals surface area contributed by atoms with Crippen LogP contribution in [0.3, 0.4) is 0 Å². The number of hydrogen-bond acceptors (Lipinski definition) is 3. The number of carbonyl (C=O) groups excluding carboxylic acids is 1. The topological polar surface area (TPSA) is 64.3 Å². The van der Waals surface area contributed by atoms with Gasteiger partial charge in [0.1, 0.15) is 5.75 Å². The van der Waals surface area contributed by atoms with Gasteiger partial charge in [-0.25, -0.2) is 0 Å². The van der Waals surface area contributed by atoms with Crippen LogP contribution in [0.15, 0.2) is 22.7 Å². The number of ether oxygens (including phenoxy) is 1. The van der Waals surface area contributed by atoms with Crippen LogP contribution in [0.1, 0.15) is 19.8 Å². The molecule has 18 heavy (non-hydrogen) atoms. The van der Waals surface area contributed by atoms with Crippen LogP contribution in [0.4, 0.5) is 5.69 Å². The molecule has 1 unspecified atom stereocenters. The summed E-state index contributed by atoms with van der Waals surface area (Å²) in [4.78, 5) is 11.6. The largest absolute Gasteiger partial charge is 0.497 e. The van der Waals surface area contributed by atoms with Gasteiger partial charge in [-0.1, -0.05) is 0 Å². The van der Waals surface area contributed by atoms with E-state index in [1.807, 2.05) is 19.1 Å². The van der Waals surface area contributed by atoms with E-state index in [0.717, 1.165) is 4.47 Å². The highest BCUT2D eigenvalue weighted by atomic mass is 79.9. The van der Waals surface area contributed by atoms with Crippen molar-refractivity contribution in [2.75, 3.05) is 12.4 Å². The summed E-state index contributed by atoms with van der Waals surface area (Å²) >= 11 is 3.37. The number of nitrogens with one attached hydrogen (secondary N) is 1. The lowest BCUT2D eigenvalue weighted by molar-refractivity contribution is -0.116. The summed E-state index contributed by atoms with van der Waals surface area (Å²) in [5.41, 5.74) is 6.31. The van der Waals surface area contributed by atoms with E-state index in [1.165, 1.54) is 0 Å². The SMILES string of the molecule is COc1ccc(Br)c(NC(=O)CCC(C)N)c1.Cl. The highest BCUT2D eigenvalue weighted by Crippen LogP contribution is 2.27. The molecule has 1 aromatic rings. The first-order valence-corrected chi connectivity index (χ1v) is 6.21. The third kappa shape index (κ3) is 5.71. The minimum Gasteiger partial charge on any atom is -0.497 e. The van der Waals surface area contributed by atoms with Gasteiger partial charge in [0.25, 0.3) is 0 Å². The number of nitrogens with two attached hydrogens (primary N) is 1. The molecule has 0 bridgehead atoms. The molecule has 0 fully saturated rings. The van der Waals surface area contributed by atoms with Gasteiger partial charge in [-0.15, -0.1) is 12.4 Å². The molecule has 0 aliphatic rings. The van der Waals surface area contributed by atoms with Crippen molar-refractivity contribution in [3.63, 3.8) is 0 Å². The Bertz CT molecular complexity index is 400. The van der Waals surface area contributed by atoms with Crippen LogP contribution in [0, 0.1) is 0 Å². The number of anilines is 1. The number of methoxy groups -OCH3 is 1. The average molecular weight is 338 g/mol. The maximum Gasteiger partial charge on any atom is 0.224 e. The van der Waals surface area contributed by atoms with E-state index in [-0.39, 0.29) is 24.4 Å². The van der Waals surface area contributed by atoms with Crippen molar-refractivity contribution in [2.24, 2.45) is 5.73 Å². The van der Waals surface area contributed by atoms with Crippen LogP contribution in [0.2, 0.25) is 0 Å². The molecule has 0 saturated carbocycles. The van der Waals surface area contributed by atoms with E-state index in [2.05, 4.69) is 21.2 Å². The number of hydrogen-bond donors (Lipinski definition) is 2. The number of amides is 1. The Morgan fingerprint density at radius 2 is 2.22 bits per heavy atom. The van der Waals surface area contributed by atoms with E-state index in [9.17, 15) is 4.79 Å². The Morgan fingerprint density at radius 1 is 1.56 bits per heavy atom. The fourth-order valence-electron chi connectivity index (χ4n) is 1.30. The molecule has 0 heterocycles. The van der Waals surface area contributed by atoms with Crippen LogP contribution in [-0.4, -0.2) is 19.1 Å². The van der Waals surface area contributed by atoms with Crippen LogP contribution in [-0.2, 0) is 4.79 Å². The maximum atomic E-state index is 11.6. The monoisotopic (exact) mass is 336 g/mol. The van der Waals surface area contributed by atoms with Gasteiger partial charge in [-0.2, -0.15) is 0 Å². The third-order valence-corrected chi connectivity index (χ3v) is 2.97. The first kappa shape index (κ1) is 17.2. The lowest BCUT2D eigenvalue weighted by Crippen LogP contribution is -2.19. The zero-order chi connectivity index (χ0) is 12.8. The molecule has 6 heteroatoms. The van der Waals surface area contributed by atoms with Crippen LogP contribution < -0.4 is 15.8 Å². The van der Waals surface area contributed by atoms with E-state index in [1.54, 1.807) is 13.2 Å². The molecule has 1 rings (SSSR count). The Hall–Kier alpha value is -0.780. The van der Waals surface area contributed by atoms with Crippen molar-refractivity contribution in [1.29, 1.82) is 0 Å². The van der Waals surface area contributed by atoms with Gasteiger partial charge >= 0.3 is 0 Å². The number of carbonyl (C=O) groups is 1. The molecule has 0 aromatic heterocycles. The smallest absolute Gasteiger partial charge is 0.224 e. The van der Waals surface area contributed by atoms with Gasteiger partial charge in [0.2, 0.25) is 5.91 Å². The molecular weight excluding hydrogens is 320 g/mol. The Labute approximate surface area is 122 Å². The summed E-state index contributed by atoms with van der Waals surface area (Å²) in [6.45, 7) is 1.88. The van der Waals surface area contributed by atoms with Gasteiger partial charge in [0.15, 0.2) is 0 Å². The molecule has 0 aliphatic carbocycles. The third-order valence-electron chi connectivity index (χ3n) is 2.27. The van der Waals surface area contributed by atoms with Crippen molar-refractivity contribution < 1.29 is 9.53 Å². The lowest BCUT2D eigenvalue weighted by Gasteiger charge is -2.10. The van der Waals surface area contributed by atoms with Gasteiger partial charge in [-0.05, 0) is 41.4 Å². The van der Waals surface area contributed by atoms with Crippen molar-refractivity contribution >= 4 is 39.9 Å². The maximum absolute atomic E-state index is 11.6. The van der Waals surface area contributed by atoms with Crippen LogP contribution in [0.5, 0.6) is 5.75 Å². The predicted molar refractivity (Wildman–Crippen MR) is 79.5 cm³/mol. The molecule has 0 aliphatic heterocycles. The zero-order valence-corrected chi connectivity index (χ0v) is 12.8. The molecule has 1 amide bonds. The fourth-order valence-corrected chi connectivity index (χ4v) is 1.64. The summed E-state index contributed by atoms with van der Waals surface area (Å²) in [6, 6.07) is 5.46. The molecule has 102 valence electrons. The summed E-state index contributed by atoms with van der Waals surface area (Å²) in [6.07, 6.45) is 1.09. The molecule has 4 nitrogen and oxygen atoms in total. The normalized spacial score (nSPS) is 11.3. The molecule has 1 aromatic carbocycles. The number of halogens is 2. The molecular formula is C12H18BrClN2O2. The fraction of sp³-hybridized carbons (Fsp3) is 0.417. The zero-order valence-electron chi connectivity index (χ0n) is 10.4. The second kappa shape index (κ2) is 8.34. The molecule has 0 spiro atoms. The molecule has 0 radical (unpaired) electrons. The highest BCUT2D eigenvalue weighted by molar-refractivity contribution is 9.10. The predicted octanol–water partition coefficient (Wildman–Crippen LogP) is 2.95. The van der Waals surface area contributed by atoms with Crippen molar-refractivity contribution in [2.45, 2.75) is 25.8 Å². The first-order chi connectivity index (χ1) is 8.02. The van der Waals surface area contributed by atoms with Crippen molar-refractivity contribution in [1.82, 2.24) is 0 Å². The Kier molecular flexibility index (Phi) is 7.98. The standard InChI is InChI=1S/C12H17BrN2O2.ClH/c1-8(14)3-6-12(16)15-11-7-9(17-2)4-5-10(11)13;/h4-5,7-8H,3,6,14H2,1-2H3,(H,15,16);1H. The average Bonchev–Trinajstić information content (AvgIpc) is 2.29. The Morgan fingerprint density at radius 3 is 2.78 bits per heavy atom. The van der Waals surface area contributed by atoms with E-state index < -0.39 is 0 Å². The molecule has 3 N–H and O–H groups in total. The van der Waals surface area contributed by atoms with Gasteiger partial charge in [0, 0.05) is 23.0 Å². The minimum atomic E-state index is -0.0451. The number of rotatable bonds is 5. The second-order valence-corrected chi connectivity index (χ2v) is 4.76.